The second-order valence-electron chi connectivity index (χ2n) is 3.81. The Labute approximate surface area is 92.7 Å². The van der Waals surface area contributed by atoms with Crippen LogP contribution in [0.3, 0.4) is 0 Å². The molecule has 0 bridgehead atoms. The minimum Gasteiger partial charge on any atom is -0.393 e. The standard InChI is InChI=1S/C10H14N2O4/c1-10(14,7-13)6-11-8-2-4-9(5-3-8)12(15)16/h2-5,11,13-14H,6-7H2,1H3. The minimum atomic E-state index is -1.21. The summed E-state index contributed by atoms with van der Waals surface area (Å²) < 4.78 is 0. The molecule has 0 heterocycles. The van der Waals surface area contributed by atoms with Crippen molar-refractivity contribution in [3.63, 3.8) is 0 Å². The molecule has 0 aliphatic carbocycles. The predicted octanol–water partition coefficient (Wildman–Crippen LogP) is 0.750. The van der Waals surface area contributed by atoms with Crippen LogP contribution in [0, 0.1) is 10.1 Å². The van der Waals surface area contributed by atoms with Gasteiger partial charge in [0.2, 0.25) is 0 Å². The van der Waals surface area contributed by atoms with E-state index in [1.807, 2.05) is 0 Å². The van der Waals surface area contributed by atoms with E-state index < -0.39 is 10.5 Å². The van der Waals surface area contributed by atoms with E-state index >= 15 is 0 Å². The van der Waals surface area contributed by atoms with Crippen molar-refractivity contribution in [1.29, 1.82) is 0 Å². The van der Waals surface area contributed by atoms with Gasteiger partial charge in [-0.15, -0.1) is 0 Å². The van der Waals surface area contributed by atoms with Gasteiger partial charge >= 0.3 is 0 Å². The third-order valence-electron chi connectivity index (χ3n) is 2.09. The number of non-ortho nitro benzene ring substituents is 1. The maximum Gasteiger partial charge on any atom is 0.269 e. The number of nitrogens with zero attached hydrogens (tertiary/aromatic N) is 1. The van der Waals surface area contributed by atoms with Crippen LogP contribution in [0.15, 0.2) is 24.3 Å². The van der Waals surface area contributed by atoms with Gasteiger partial charge in [-0.1, -0.05) is 0 Å². The first-order chi connectivity index (χ1) is 7.44. The summed E-state index contributed by atoms with van der Waals surface area (Å²) in [5.74, 6) is 0. The van der Waals surface area contributed by atoms with Crippen LogP contribution in [0.2, 0.25) is 0 Å². The zero-order valence-electron chi connectivity index (χ0n) is 8.88. The van der Waals surface area contributed by atoms with Crippen LogP contribution >= 0.6 is 0 Å². The first kappa shape index (κ1) is 12.4. The predicted molar refractivity (Wildman–Crippen MR) is 59.3 cm³/mol. The Morgan fingerprint density at radius 2 is 2.00 bits per heavy atom. The fraction of sp³-hybridized carbons (Fsp3) is 0.400. The highest BCUT2D eigenvalue weighted by Crippen LogP contribution is 2.16. The Kier molecular flexibility index (Phi) is 3.81. The number of rotatable bonds is 5. The molecule has 0 saturated heterocycles. The van der Waals surface area contributed by atoms with Gasteiger partial charge < -0.3 is 15.5 Å². The summed E-state index contributed by atoms with van der Waals surface area (Å²) in [6.45, 7) is 1.31. The average molecular weight is 226 g/mol. The van der Waals surface area contributed by atoms with Crippen molar-refractivity contribution < 1.29 is 15.1 Å². The molecule has 3 N–H and O–H groups in total. The maximum atomic E-state index is 10.4. The van der Waals surface area contributed by atoms with Crippen LogP contribution in [-0.2, 0) is 0 Å². The summed E-state index contributed by atoms with van der Waals surface area (Å²) in [5.41, 5.74) is -0.541. The fourth-order valence-corrected chi connectivity index (χ4v) is 1.05. The van der Waals surface area contributed by atoms with Crippen molar-refractivity contribution in [3.8, 4) is 0 Å². The maximum absolute atomic E-state index is 10.4. The highest BCUT2D eigenvalue weighted by Gasteiger charge is 2.18. The van der Waals surface area contributed by atoms with E-state index in [0.29, 0.717) is 5.69 Å². The molecule has 1 atom stereocenters. The first-order valence-corrected chi connectivity index (χ1v) is 4.76. The number of nitrogens with one attached hydrogen (secondary N) is 1. The largest absolute Gasteiger partial charge is 0.393 e. The lowest BCUT2D eigenvalue weighted by atomic mass is 10.1. The van der Waals surface area contributed by atoms with E-state index in [-0.39, 0.29) is 18.8 Å². The van der Waals surface area contributed by atoms with Crippen molar-refractivity contribution in [2.75, 3.05) is 18.5 Å². The van der Waals surface area contributed by atoms with Gasteiger partial charge in [-0.25, -0.2) is 0 Å². The van der Waals surface area contributed by atoms with Crippen LogP contribution in [0.1, 0.15) is 6.92 Å². The molecule has 1 rings (SSSR count). The Morgan fingerprint density at radius 3 is 2.44 bits per heavy atom. The zero-order valence-corrected chi connectivity index (χ0v) is 8.88. The number of aliphatic hydroxyl groups excluding tert-OH is 1. The summed E-state index contributed by atoms with van der Waals surface area (Å²) in [5, 5.41) is 31.6. The molecule has 0 aliphatic heterocycles. The monoisotopic (exact) mass is 226 g/mol. The van der Waals surface area contributed by atoms with Crippen LogP contribution in [0.25, 0.3) is 0 Å². The number of hydrogen-bond acceptors (Lipinski definition) is 5. The molecule has 6 heteroatoms. The van der Waals surface area contributed by atoms with Gasteiger partial charge in [0.25, 0.3) is 5.69 Å². The number of anilines is 1. The molecule has 16 heavy (non-hydrogen) atoms. The molecule has 1 aromatic rings. The highest BCUT2D eigenvalue weighted by atomic mass is 16.6. The van der Waals surface area contributed by atoms with E-state index in [4.69, 9.17) is 5.11 Å². The lowest BCUT2D eigenvalue weighted by Gasteiger charge is -2.21. The molecule has 0 spiro atoms. The van der Waals surface area contributed by atoms with Crippen molar-refractivity contribution in [1.82, 2.24) is 0 Å². The van der Waals surface area contributed by atoms with Crippen LogP contribution in [0.5, 0.6) is 0 Å². The number of benzene rings is 1. The molecular formula is C10H14N2O4. The van der Waals surface area contributed by atoms with Gasteiger partial charge in [0.05, 0.1) is 11.5 Å². The highest BCUT2D eigenvalue weighted by molar-refractivity contribution is 5.48. The van der Waals surface area contributed by atoms with Crippen molar-refractivity contribution in [3.05, 3.63) is 34.4 Å². The lowest BCUT2D eigenvalue weighted by molar-refractivity contribution is -0.384. The van der Waals surface area contributed by atoms with Gasteiger partial charge in [-0.3, -0.25) is 10.1 Å². The number of hydrogen-bond donors (Lipinski definition) is 3. The van der Waals surface area contributed by atoms with E-state index in [2.05, 4.69) is 5.32 Å². The normalized spacial score (nSPS) is 14.2. The second-order valence-corrected chi connectivity index (χ2v) is 3.81. The van der Waals surface area contributed by atoms with E-state index in [9.17, 15) is 15.2 Å². The molecule has 1 aromatic carbocycles. The number of nitro groups is 1. The van der Waals surface area contributed by atoms with Gasteiger partial charge in [-0.2, -0.15) is 0 Å². The molecule has 1 unspecified atom stereocenters. The molecule has 0 fully saturated rings. The molecule has 0 aromatic heterocycles. The van der Waals surface area contributed by atoms with E-state index in [1.54, 1.807) is 12.1 Å². The lowest BCUT2D eigenvalue weighted by Crippen LogP contribution is -2.37. The summed E-state index contributed by atoms with van der Waals surface area (Å²) in [6, 6.07) is 5.84. The first-order valence-electron chi connectivity index (χ1n) is 4.76. The van der Waals surface area contributed by atoms with Crippen LogP contribution in [0.4, 0.5) is 11.4 Å². The summed E-state index contributed by atoms with van der Waals surface area (Å²) in [7, 11) is 0. The summed E-state index contributed by atoms with van der Waals surface area (Å²) >= 11 is 0. The van der Waals surface area contributed by atoms with Gasteiger partial charge in [-0.05, 0) is 19.1 Å². The van der Waals surface area contributed by atoms with Crippen LogP contribution in [-0.4, -0.2) is 33.9 Å². The molecule has 0 saturated carbocycles. The van der Waals surface area contributed by atoms with Crippen molar-refractivity contribution in [2.24, 2.45) is 0 Å². The molecule has 0 aliphatic rings. The quantitative estimate of drug-likeness (QED) is 0.508. The molecule has 0 amide bonds. The Morgan fingerprint density at radius 1 is 1.44 bits per heavy atom. The van der Waals surface area contributed by atoms with Gasteiger partial charge in [0.1, 0.15) is 5.60 Å². The number of aliphatic hydroxyl groups is 2. The summed E-state index contributed by atoms with van der Waals surface area (Å²) in [6.07, 6.45) is 0. The molecule has 88 valence electrons. The number of nitro benzene ring substituents is 1. The smallest absolute Gasteiger partial charge is 0.269 e. The second kappa shape index (κ2) is 4.91. The SMILES string of the molecule is CC(O)(CO)CNc1ccc([N+](=O)[O-])cc1. The van der Waals surface area contributed by atoms with E-state index in [0.717, 1.165) is 0 Å². The third kappa shape index (κ3) is 3.48. The fourth-order valence-electron chi connectivity index (χ4n) is 1.05. The summed E-state index contributed by atoms with van der Waals surface area (Å²) in [4.78, 5) is 9.91. The minimum absolute atomic E-state index is 0.0134. The molecule has 6 nitrogen and oxygen atoms in total. The average Bonchev–Trinajstić information content (AvgIpc) is 2.27. The topological polar surface area (TPSA) is 95.6 Å². The third-order valence-corrected chi connectivity index (χ3v) is 2.09. The molecule has 0 radical (unpaired) electrons. The van der Waals surface area contributed by atoms with Gasteiger partial charge in [0.15, 0.2) is 0 Å². The Balaban J connectivity index is 2.59. The Hall–Kier alpha value is -1.66. The van der Waals surface area contributed by atoms with Crippen LogP contribution < -0.4 is 5.32 Å². The van der Waals surface area contributed by atoms with E-state index in [1.165, 1.54) is 19.1 Å². The van der Waals surface area contributed by atoms with Gasteiger partial charge in [0, 0.05) is 24.4 Å². The van der Waals surface area contributed by atoms with Crippen molar-refractivity contribution in [2.45, 2.75) is 12.5 Å². The van der Waals surface area contributed by atoms with Crippen molar-refractivity contribution >= 4 is 11.4 Å². The molecular weight excluding hydrogens is 212 g/mol. The zero-order chi connectivity index (χ0) is 12.2. The Bertz CT molecular complexity index is 362.